The number of fused-ring (bicyclic) bond motifs is 1. The van der Waals surface area contributed by atoms with Crippen LogP contribution in [0.15, 0.2) is 55.1 Å². The number of aromatic nitrogens is 1. The van der Waals surface area contributed by atoms with E-state index in [1.165, 1.54) is 38.2 Å². The van der Waals surface area contributed by atoms with Crippen molar-refractivity contribution in [1.82, 2.24) is 4.57 Å². The Bertz CT molecular complexity index is 1060. The highest BCUT2D eigenvalue weighted by Gasteiger charge is 2.18. The number of nitrogens with zero attached hydrogens (tertiary/aromatic N) is 1. The van der Waals surface area contributed by atoms with Crippen LogP contribution in [0.4, 0.5) is 0 Å². The van der Waals surface area contributed by atoms with E-state index >= 15 is 0 Å². The van der Waals surface area contributed by atoms with E-state index in [1.54, 1.807) is 0 Å². The number of aryl methyl sites for hydroxylation is 1. The van der Waals surface area contributed by atoms with Gasteiger partial charge in [-0.1, -0.05) is 75.9 Å². The summed E-state index contributed by atoms with van der Waals surface area (Å²) in [4.78, 5) is 0. The molecular weight excluding hydrogens is 302 g/mol. The zero-order valence-electron chi connectivity index (χ0n) is 15.9. The SMILES string of the molecule is C=C/C=c1\c(=C/C)n(C)c2ccc(-c3ccccc3C(C)(C)C)cc12. The van der Waals surface area contributed by atoms with Crippen molar-refractivity contribution in [2.75, 3.05) is 0 Å². The molecule has 0 aliphatic heterocycles. The van der Waals surface area contributed by atoms with Gasteiger partial charge in [0.05, 0.1) is 0 Å². The molecule has 0 N–H and O–H groups in total. The average molecular weight is 329 g/mol. The third-order valence-corrected chi connectivity index (χ3v) is 4.89. The zero-order chi connectivity index (χ0) is 18.2. The second-order valence-electron chi connectivity index (χ2n) is 7.58. The number of benzene rings is 2. The first-order valence-corrected chi connectivity index (χ1v) is 8.86. The Morgan fingerprint density at radius 2 is 1.76 bits per heavy atom. The van der Waals surface area contributed by atoms with Gasteiger partial charge in [-0.2, -0.15) is 0 Å². The molecule has 0 atom stereocenters. The van der Waals surface area contributed by atoms with E-state index in [9.17, 15) is 0 Å². The van der Waals surface area contributed by atoms with Crippen LogP contribution < -0.4 is 10.6 Å². The molecule has 0 aliphatic rings. The second-order valence-corrected chi connectivity index (χ2v) is 7.58. The van der Waals surface area contributed by atoms with Crippen molar-refractivity contribution >= 4 is 23.1 Å². The molecule has 0 saturated carbocycles. The summed E-state index contributed by atoms with van der Waals surface area (Å²) in [5.74, 6) is 0. The molecule has 0 spiro atoms. The van der Waals surface area contributed by atoms with Gasteiger partial charge in [0.1, 0.15) is 0 Å². The Balaban J connectivity index is 2.38. The molecule has 1 aromatic heterocycles. The predicted molar refractivity (Wildman–Crippen MR) is 111 cm³/mol. The molecule has 25 heavy (non-hydrogen) atoms. The fourth-order valence-electron chi connectivity index (χ4n) is 3.69. The van der Waals surface area contributed by atoms with Crippen LogP contribution in [0.25, 0.3) is 34.2 Å². The van der Waals surface area contributed by atoms with Crippen molar-refractivity contribution in [2.24, 2.45) is 7.05 Å². The average Bonchev–Trinajstić information content (AvgIpc) is 2.86. The van der Waals surface area contributed by atoms with Crippen molar-refractivity contribution in [2.45, 2.75) is 33.1 Å². The van der Waals surface area contributed by atoms with Gasteiger partial charge in [0.15, 0.2) is 0 Å². The summed E-state index contributed by atoms with van der Waals surface area (Å²) < 4.78 is 2.25. The summed E-state index contributed by atoms with van der Waals surface area (Å²) in [5, 5.41) is 3.75. The van der Waals surface area contributed by atoms with E-state index in [4.69, 9.17) is 0 Å². The van der Waals surface area contributed by atoms with Gasteiger partial charge in [0.25, 0.3) is 0 Å². The monoisotopic (exact) mass is 329 g/mol. The van der Waals surface area contributed by atoms with Crippen LogP contribution in [0, 0.1) is 0 Å². The topological polar surface area (TPSA) is 4.93 Å². The van der Waals surface area contributed by atoms with Crippen molar-refractivity contribution in [3.05, 3.63) is 71.3 Å². The van der Waals surface area contributed by atoms with Crippen molar-refractivity contribution in [3.8, 4) is 11.1 Å². The van der Waals surface area contributed by atoms with Gasteiger partial charge in [-0.3, -0.25) is 0 Å². The summed E-state index contributed by atoms with van der Waals surface area (Å²) in [6, 6.07) is 15.5. The molecule has 0 radical (unpaired) electrons. The van der Waals surface area contributed by atoms with Crippen LogP contribution >= 0.6 is 0 Å². The van der Waals surface area contributed by atoms with Crippen LogP contribution in [-0.2, 0) is 12.5 Å². The fraction of sp³-hybridized carbons (Fsp3) is 0.250. The third kappa shape index (κ3) is 2.95. The Hall–Kier alpha value is -2.54. The largest absolute Gasteiger partial charge is 0.344 e. The molecule has 0 unspecified atom stereocenters. The van der Waals surface area contributed by atoms with Crippen molar-refractivity contribution < 1.29 is 0 Å². The normalized spacial score (nSPS) is 13.6. The van der Waals surface area contributed by atoms with Gasteiger partial charge in [-0.05, 0) is 41.2 Å². The highest BCUT2D eigenvalue weighted by Crippen LogP contribution is 2.33. The van der Waals surface area contributed by atoms with E-state index in [2.05, 4.69) is 101 Å². The number of hydrogen-bond donors (Lipinski definition) is 0. The number of hydrogen-bond acceptors (Lipinski definition) is 0. The smallest absolute Gasteiger partial charge is 0.0489 e. The third-order valence-electron chi connectivity index (χ3n) is 4.89. The minimum atomic E-state index is 0.112. The molecule has 2 aromatic carbocycles. The summed E-state index contributed by atoms with van der Waals surface area (Å²) in [7, 11) is 2.13. The Morgan fingerprint density at radius 3 is 2.40 bits per heavy atom. The van der Waals surface area contributed by atoms with Crippen LogP contribution in [0.2, 0.25) is 0 Å². The first-order valence-electron chi connectivity index (χ1n) is 8.86. The lowest BCUT2D eigenvalue weighted by atomic mass is 9.82. The van der Waals surface area contributed by atoms with Crippen molar-refractivity contribution in [1.29, 1.82) is 0 Å². The molecule has 0 bridgehead atoms. The van der Waals surface area contributed by atoms with E-state index in [0.29, 0.717) is 0 Å². The molecule has 1 heteroatoms. The van der Waals surface area contributed by atoms with Gasteiger partial charge < -0.3 is 4.57 Å². The Morgan fingerprint density at radius 1 is 1.04 bits per heavy atom. The van der Waals surface area contributed by atoms with Crippen LogP contribution in [0.5, 0.6) is 0 Å². The predicted octanol–water partition coefficient (Wildman–Crippen LogP) is 4.91. The highest BCUT2D eigenvalue weighted by atomic mass is 14.9. The lowest BCUT2D eigenvalue weighted by Crippen LogP contribution is -2.26. The summed E-state index contributed by atoms with van der Waals surface area (Å²) in [6.45, 7) is 12.8. The minimum absolute atomic E-state index is 0.112. The molecule has 0 amide bonds. The van der Waals surface area contributed by atoms with Gasteiger partial charge in [-0.25, -0.2) is 0 Å². The quantitative estimate of drug-likeness (QED) is 0.629. The summed E-state index contributed by atoms with van der Waals surface area (Å²) >= 11 is 0. The van der Waals surface area contributed by atoms with Crippen LogP contribution in [0.3, 0.4) is 0 Å². The molecule has 128 valence electrons. The Labute approximate surface area is 150 Å². The fourth-order valence-corrected chi connectivity index (χ4v) is 3.69. The van der Waals surface area contributed by atoms with E-state index < -0.39 is 0 Å². The standard InChI is InChI=1S/C24H27N/c1-7-11-19-20-16-17(14-15-23(20)25(6)22(19)8-2)18-12-9-10-13-21(18)24(3,4)5/h7-16H,1H2,2-6H3/b19-11-,22-8+. The highest BCUT2D eigenvalue weighted by molar-refractivity contribution is 5.88. The lowest BCUT2D eigenvalue weighted by molar-refractivity contribution is 0.592. The van der Waals surface area contributed by atoms with Crippen LogP contribution in [0.1, 0.15) is 33.3 Å². The zero-order valence-corrected chi connectivity index (χ0v) is 15.9. The molecule has 0 aliphatic carbocycles. The number of rotatable bonds is 2. The molecule has 1 heterocycles. The first-order chi connectivity index (χ1) is 11.9. The first kappa shape index (κ1) is 17.3. The van der Waals surface area contributed by atoms with Gasteiger partial charge in [-0.15, -0.1) is 0 Å². The van der Waals surface area contributed by atoms with E-state index in [0.717, 1.165) is 0 Å². The molecular formula is C24H27N. The maximum atomic E-state index is 3.90. The van der Waals surface area contributed by atoms with E-state index in [-0.39, 0.29) is 5.41 Å². The van der Waals surface area contributed by atoms with Gasteiger partial charge >= 0.3 is 0 Å². The molecule has 1 nitrogen and oxygen atoms in total. The second kappa shape index (κ2) is 6.40. The molecule has 0 saturated heterocycles. The molecule has 3 rings (SSSR count). The van der Waals surface area contributed by atoms with E-state index in [1.807, 2.05) is 6.08 Å². The number of allylic oxidation sites excluding steroid dienone is 1. The molecule has 3 aromatic rings. The minimum Gasteiger partial charge on any atom is -0.344 e. The summed E-state index contributed by atoms with van der Waals surface area (Å²) in [5.41, 5.74) is 5.32. The maximum absolute atomic E-state index is 3.90. The van der Waals surface area contributed by atoms with Gasteiger partial charge in [0, 0.05) is 28.5 Å². The summed E-state index contributed by atoms with van der Waals surface area (Å²) in [6.07, 6.45) is 6.15. The van der Waals surface area contributed by atoms with Gasteiger partial charge in [0.2, 0.25) is 0 Å². The maximum Gasteiger partial charge on any atom is 0.0489 e. The molecule has 0 fully saturated rings. The van der Waals surface area contributed by atoms with Crippen molar-refractivity contribution in [3.63, 3.8) is 0 Å². The lowest BCUT2D eigenvalue weighted by Gasteiger charge is -2.23. The van der Waals surface area contributed by atoms with Crippen LogP contribution in [-0.4, -0.2) is 4.57 Å². The Kier molecular flexibility index (Phi) is 4.43.